The predicted octanol–water partition coefficient (Wildman–Crippen LogP) is 2.15. The second-order valence-corrected chi connectivity index (χ2v) is 7.35. The first-order chi connectivity index (χ1) is 9.91. The fourth-order valence-corrected chi connectivity index (χ4v) is 4.19. The molecule has 1 aliphatic heterocycles. The number of fused-ring (bicyclic) bond motifs is 1. The summed E-state index contributed by atoms with van der Waals surface area (Å²) in [5.74, 6) is -0.568. The molecule has 1 N–H and O–H groups in total. The topological polar surface area (TPSA) is 74.7 Å². The van der Waals surface area contributed by atoms with Crippen molar-refractivity contribution < 1.29 is 19.5 Å². The highest BCUT2D eigenvalue weighted by Crippen LogP contribution is 2.40. The number of carboxylic acids is 1. The number of carboxylic acid groups (broad SMARTS) is 1. The first-order valence-electron chi connectivity index (χ1n) is 7.60. The molecule has 4 atom stereocenters. The number of amides is 1. The van der Waals surface area contributed by atoms with Crippen LogP contribution in [0.15, 0.2) is 0 Å². The van der Waals surface area contributed by atoms with Crippen molar-refractivity contribution >= 4 is 28.8 Å². The van der Waals surface area contributed by atoms with Gasteiger partial charge in [0.1, 0.15) is 6.04 Å². The van der Waals surface area contributed by atoms with Gasteiger partial charge in [-0.3, -0.25) is 9.59 Å². The summed E-state index contributed by atoms with van der Waals surface area (Å²) in [5, 5.41) is 9.41. The van der Waals surface area contributed by atoms with Gasteiger partial charge in [-0.05, 0) is 25.2 Å². The molecular weight excluding hydrogens is 290 g/mol. The first kappa shape index (κ1) is 16.3. The van der Waals surface area contributed by atoms with Gasteiger partial charge in [-0.1, -0.05) is 31.5 Å². The molecule has 1 unspecified atom stereocenters. The van der Waals surface area contributed by atoms with E-state index in [1.165, 1.54) is 6.92 Å². The number of hydrogen-bond donors (Lipinski definition) is 1. The first-order valence-corrected chi connectivity index (χ1v) is 8.58. The van der Waals surface area contributed by atoms with Crippen LogP contribution in [0.5, 0.6) is 0 Å². The summed E-state index contributed by atoms with van der Waals surface area (Å²) in [6, 6.07) is -0.604. The van der Waals surface area contributed by atoms with Crippen LogP contribution in [-0.4, -0.2) is 44.8 Å². The van der Waals surface area contributed by atoms with E-state index in [1.54, 1.807) is 11.8 Å². The van der Waals surface area contributed by atoms with Crippen molar-refractivity contribution in [3.8, 4) is 0 Å². The second-order valence-electron chi connectivity index (χ2n) is 6.15. The van der Waals surface area contributed by atoms with E-state index in [0.29, 0.717) is 18.1 Å². The average Bonchev–Trinajstić information content (AvgIpc) is 2.83. The molecule has 1 aliphatic carbocycles. The maximum atomic E-state index is 12.7. The number of rotatable bonds is 4. The van der Waals surface area contributed by atoms with Crippen LogP contribution in [0.1, 0.15) is 46.0 Å². The molecule has 21 heavy (non-hydrogen) atoms. The lowest BCUT2D eigenvalue weighted by Crippen LogP contribution is -2.48. The summed E-state index contributed by atoms with van der Waals surface area (Å²) in [6.07, 6.45) is 4.71. The fourth-order valence-electron chi connectivity index (χ4n) is 3.57. The number of likely N-dealkylation sites (tertiary alicyclic amines) is 1. The fraction of sp³-hybridized carbons (Fsp3) is 0.800. The Morgan fingerprint density at radius 2 is 1.95 bits per heavy atom. The Hall–Kier alpha value is -1.04. The summed E-state index contributed by atoms with van der Waals surface area (Å²) in [7, 11) is 0. The third-order valence-electron chi connectivity index (χ3n) is 4.59. The van der Waals surface area contributed by atoms with Crippen molar-refractivity contribution in [1.82, 2.24) is 4.90 Å². The van der Waals surface area contributed by atoms with Crippen LogP contribution in [0.4, 0.5) is 0 Å². The van der Waals surface area contributed by atoms with Crippen LogP contribution in [0, 0.1) is 11.8 Å². The minimum Gasteiger partial charge on any atom is -0.480 e. The SMILES string of the molecule is CC(=O)SCC(C)C(=O)N1[C@@H](C(=O)O)C[C@H]2CCCC[C@H]21. The van der Waals surface area contributed by atoms with E-state index in [1.807, 2.05) is 0 Å². The largest absolute Gasteiger partial charge is 0.480 e. The van der Waals surface area contributed by atoms with Crippen molar-refractivity contribution in [3.63, 3.8) is 0 Å². The molecule has 5 nitrogen and oxygen atoms in total. The standard InChI is InChI=1S/C15H23NO4S/c1-9(8-21-10(2)17)14(18)16-12-6-4-3-5-11(12)7-13(16)15(19)20/h9,11-13H,3-8H2,1-2H3,(H,19,20)/t9?,11-,12-,13-/m1/s1. The molecule has 1 amide bonds. The smallest absolute Gasteiger partial charge is 0.326 e. The van der Waals surface area contributed by atoms with Crippen molar-refractivity contribution in [3.05, 3.63) is 0 Å². The van der Waals surface area contributed by atoms with Gasteiger partial charge in [0.2, 0.25) is 5.91 Å². The van der Waals surface area contributed by atoms with E-state index in [-0.39, 0.29) is 23.0 Å². The van der Waals surface area contributed by atoms with Gasteiger partial charge in [0.25, 0.3) is 0 Å². The van der Waals surface area contributed by atoms with Crippen molar-refractivity contribution in [2.45, 2.75) is 58.0 Å². The zero-order valence-electron chi connectivity index (χ0n) is 12.6. The predicted molar refractivity (Wildman–Crippen MR) is 80.9 cm³/mol. The minimum atomic E-state index is -0.899. The summed E-state index contributed by atoms with van der Waals surface area (Å²) in [5.41, 5.74) is 0. The Bertz CT molecular complexity index is 439. The lowest BCUT2D eigenvalue weighted by molar-refractivity contribution is -0.151. The normalized spacial score (nSPS) is 29.8. The minimum absolute atomic E-state index is 0.0126. The lowest BCUT2D eigenvalue weighted by atomic mass is 9.84. The molecule has 0 spiro atoms. The third-order valence-corrected chi connectivity index (χ3v) is 5.66. The van der Waals surface area contributed by atoms with E-state index >= 15 is 0 Å². The zero-order chi connectivity index (χ0) is 15.6. The zero-order valence-corrected chi connectivity index (χ0v) is 13.4. The van der Waals surface area contributed by atoms with E-state index in [0.717, 1.165) is 37.4 Å². The summed E-state index contributed by atoms with van der Waals surface area (Å²) in [6.45, 7) is 3.27. The highest BCUT2D eigenvalue weighted by atomic mass is 32.2. The van der Waals surface area contributed by atoms with Gasteiger partial charge in [-0.15, -0.1) is 0 Å². The Balaban J connectivity index is 2.11. The Labute approximate surface area is 129 Å². The molecule has 1 saturated carbocycles. The van der Waals surface area contributed by atoms with Gasteiger partial charge in [-0.25, -0.2) is 4.79 Å². The van der Waals surface area contributed by atoms with E-state index < -0.39 is 12.0 Å². The average molecular weight is 313 g/mol. The van der Waals surface area contributed by atoms with Gasteiger partial charge < -0.3 is 10.0 Å². The molecule has 0 bridgehead atoms. The molecule has 1 saturated heterocycles. The highest BCUT2D eigenvalue weighted by molar-refractivity contribution is 8.13. The van der Waals surface area contributed by atoms with Gasteiger partial charge in [0.05, 0.1) is 0 Å². The summed E-state index contributed by atoms with van der Waals surface area (Å²) >= 11 is 1.13. The van der Waals surface area contributed by atoms with Crippen molar-refractivity contribution in [2.75, 3.05) is 5.75 Å². The summed E-state index contributed by atoms with van der Waals surface area (Å²) in [4.78, 5) is 36.8. The van der Waals surface area contributed by atoms with Crippen LogP contribution >= 0.6 is 11.8 Å². The molecule has 0 aromatic heterocycles. The Morgan fingerprint density at radius 1 is 1.29 bits per heavy atom. The highest BCUT2D eigenvalue weighted by Gasteiger charge is 2.48. The maximum Gasteiger partial charge on any atom is 0.326 e. The van der Waals surface area contributed by atoms with Crippen molar-refractivity contribution in [2.24, 2.45) is 11.8 Å². The number of carbonyl (C=O) groups is 3. The van der Waals surface area contributed by atoms with Gasteiger partial charge in [0, 0.05) is 24.6 Å². The Kier molecular flexibility index (Phi) is 5.30. The third kappa shape index (κ3) is 3.59. The maximum absolute atomic E-state index is 12.7. The molecule has 0 aromatic carbocycles. The lowest BCUT2D eigenvalue weighted by Gasteiger charge is -2.34. The van der Waals surface area contributed by atoms with Gasteiger partial charge in [-0.2, -0.15) is 0 Å². The van der Waals surface area contributed by atoms with E-state index in [2.05, 4.69) is 0 Å². The van der Waals surface area contributed by atoms with Crippen LogP contribution in [0.25, 0.3) is 0 Å². The Morgan fingerprint density at radius 3 is 2.57 bits per heavy atom. The van der Waals surface area contributed by atoms with Crippen LogP contribution in [-0.2, 0) is 14.4 Å². The number of carbonyl (C=O) groups excluding carboxylic acids is 2. The molecule has 2 fully saturated rings. The quantitative estimate of drug-likeness (QED) is 0.860. The summed E-state index contributed by atoms with van der Waals surface area (Å²) < 4.78 is 0. The molecule has 0 aromatic rings. The molecule has 1 heterocycles. The second kappa shape index (κ2) is 6.81. The van der Waals surface area contributed by atoms with Crippen molar-refractivity contribution in [1.29, 1.82) is 0 Å². The molecule has 6 heteroatoms. The van der Waals surface area contributed by atoms with Gasteiger partial charge in [0.15, 0.2) is 5.12 Å². The number of nitrogens with zero attached hydrogens (tertiary/aromatic N) is 1. The molecule has 2 rings (SSSR count). The molecule has 118 valence electrons. The molecule has 2 aliphatic rings. The molecule has 0 radical (unpaired) electrons. The van der Waals surface area contributed by atoms with E-state index in [4.69, 9.17) is 0 Å². The number of thioether (sulfide) groups is 1. The van der Waals surface area contributed by atoms with Crippen LogP contribution < -0.4 is 0 Å². The number of hydrogen-bond acceptors (Lipinski definition) is 4. The number of aliphatic carboxylic acids is 1. The van der Waals surface area contributed by atoms with Crippen LogP contribution in [0.2, 0.25) is 0 Å². The van der Waals surface area contributed by atoms with Crippen LogP contribution in [0.3, 0.4) is 0 Å². The van der Waals surface area contributed by atoms with Gasteiger partial charge >= 0.3 is 5.97 Å². The molecular formula is C15H23NO4S. The monoisotopic (exact) mass is 313 g/mol. The van der Waals surface area contributed by atoms with E-state index in [9.17, 15) is 19.5 Å².